The van der Waals surface area contributed by atoms with Crippen LogP contribution in [0.1, 0.15) is 5.56 Å². The number of nitrogens with one attached hydrogen (secondary N) is 2. The first-order valence-electron chi connectivity index (χ1n) is 10.2. The SMILES string of the molecule is O=[N+]([O-])c1ccc(N/N=C/c2ccc(Sc3n[nH]c(-c4ccc(Cl)cc4Cl)n3)c([N+](=O)[O-])c2)c([N+](=O)[O-])c1. The molecule has 0 radical (unpaired) electrons. The molecule has 4 aromatic rings. The molecule has 0 spiro atoms. The third-order valence-corrected chi connectivity index (χ3v) is 6.30. The van der Waals surface area contributed by atoms with Crippen molar-refractivity contribution < 1.29 is 14.8 Å². The highest BCUT2D eigenvalue weighted by molar-refractivity contribution is 7.99. The van der Waals surface area contributed by atoms with Gasteiger partial charge < -0.3 is 0 Å². The Morgan fingerprint density at radius 1 is 0.921 bits per heavy atom. The van der Waals surface area contributed by atoms with Crippen LogP contribution in [0.2, 0.25) is 10.0 Å². The molecule has 1 heterocycles. The molecule has 0 amide bonds. The van der Waals surface area contributed by atoms with E-state index >= 15 is 0 Å². The maximum Gasteiger partial charge on any atom is 0.301 e. The van der Waals surface area contributed by atoms with Crippen LogP contribution in [0.15, 0.2) is 69.8 Å². The van der Waals surface area contributed by atoms with Crippen LogP contribution in [0.4, 0.5) is 22.7 Å². The first-order valence-corrected chi connectivity index (χ1v) is 11.8. The number of nitro groups is 3. The summed E-state index contributed by atoms with van der Waals surface area (Å²) < 4.78 is 0. The molecule has 192 valence electrons. The zero-order valence-electron chi connectivity index (χ0n) is 18.6. The highest BCUT2D eigenvalue weighted by atomic mass is 35.5. The van der Waals surface area contributed by atoms with Gasteiger partial charge in [0.05, 0.1) is 37.0 Å². The molecule has 0 aliphatic rings. The lowest BCUT2D eigenvalue weighted by molar-refractivity contribution is -0.393. The molecular formula is C21H12Cl2N8O6S. The summed E-state index contributed by atoms with van der Waals surface area (Å²) in [5.74, 6) is 0.354. The number of hydrazone groups is 1. The van der Waals surface area contributed by atoms with Crippen LogP contribution >= 0.6 is 35.0 Å². The van der Waals surface area contributed by atoms with Gasteiger partial charge in [0.25, 0.3) is 11.4 Å². The molecule has 2 N–H and O–H groups in total. The third-order valence-electron chi connectivity index (χ3n) is 4.82. The first kappa shape index (κ1) is 26.5. The standard InChI is InChI=1S/C21H12Cl2N8O6S/c22-12-2-4-14(15(23)8-12)20-25-21(28-27-20)38-19-6-1-11(7-18(19)31(36)37)10-24-26-16-5-3-13(29(32)33)9-17(16)30(34)35/h1-10,26H,(H,25,27,28)/b24-10+. The Hall–Kier alpha value is -4.60. The second-order valence-corrected chi connectivity index (χ2v) is 9.12. The molecule has 0 aliphatic carbocycles. The summed E-state index contributed by atoms with van der Waals surface area (Å²) in [6.45, 7) is 0. The second-order valence-electron chi connectivity index (χ2n) is 7.26. The van der Waals surface area contributed by atoms with Gasteiger partial charge >= 0.3 is 5.69 Å². The predicted octanol–water partition coefficient (Wildman–Crippen LogP) is 6.10. The van der Waals surface area contributed by atoms with Gasteiger partial charge in [-0.3, -0.25) is 40.9 Å². The summed E-state index contributed by atoms with van der Waals surface area (Å²) in [5, 5.41) is 45.5. The number of rotatable bonds is 9. The van der Waals surface area contributed by atoms with E-state index in [2.05, 4.69) is 25.7 Å². The molecule has 0 saturated heterocycles. The smallest absolute Gasteiger partial charge is 0.272 e. The van der Waals surface area contributed by atoms with E-state index in [1.54, 1.807) is 18.2 Å². The van der Waals surface area contributed by atoms with Crippen LogP contribution < -0.4 is 5.43 Å². The molecule has 0 atom stereocenters. The second kappa shape index (κ2) is 11.2. The van der Waals surface area contributed by atoms with Crippen molar-refractivity contribution in [3.63, 3.8) is 0 Å². The van der Waals surface area contributed by atoms with Gasteiger partial charge in [-0.15, -0.1) is 5.10 Å². The molecule has 0 bridgehead atoms. The number of aromatic nitrogens is 3. The van der Waals surface area contributed by atoms with Gasteiger partial charge in [0.1, 0.15) is 5.69 Å². The molecule has 0 aliphatic heterocycles. The fourth-order valence-corrected chi connectivity index (χ4v) is 4.39. The van der Waals surface area contributed by atoms with Crippen molar-refractivity contribution in [1.29, 1.82) is 0 Å². The van der Waals surface area contributed by atoms with Crippen LogP contribution in [0.25, 0.3) is 11.4 Å². The molecule has 14 nitrogen and oxygen atoms in total. The predicted molar refractivity (Wildman–Crippen MR) is 140 cm³/mol. The lowest BCUT2D eigenvalue weighted by Crippen LogP contribution is -1.99. The number of non-ortho nitro benzene ring substituents is 1. The number of hydrogen-bond donors (Lipinski definition) is 2. The summed E-state index contributed by atoms with van der Waals surface area (Å²) in [5.41, 5.74) is 1.93. The van der Waals surface area contributed by atoms with Crippen LogP contribution in [-0.4, -0.2) is 36.2 Å². The fraction of sp³-hybridized carbons (Fsp3) is 0. The van der Waals surface area contributed by atoms with Crippen LogP contribution in [0, 0.1) is 30.3 Å². The van der Waals surface area contributed by atoms with E-state index in [9.17, 15) is 30.3 Å². The first-order chi connectivity index (χ1) is 18.1. The summed E-state index contributed by atoms with van der Waals surface area (Å²) in [4.78, 5) is 36.2. The average molecular weight is 575 g/mol. The quantitative estimate of drug-likeness (QED) is 0.134. The highest BCUT2D eigenvalue weighted by Gasteiger charge is 2.20. The average Bonchev–Trinajstić information content (AvgIpc) is 3.32. The Morgan fingerprint density at radius 2 is 1.68 bits per heavy atom. The van der Waals surface area contributed by atoms with Crippen LogP contribution in [-0.2, 0) is 0 Å². The maximum absolute atomic E-state index is 11.7. The molecule has 17 heteroatoms. The van der Waals surface area contributed by atoms with Crippen molar-refractivity contribution in [3.05, 3.63) is 101 Å². The number of hydrogen-bond acceptors (Lipinski definition) is 11. The molecule has 0 fully saturated rings. The fourth-order valence-electron chi connectivity index (χ4n) is 3.09. The Bertz CT molecular complexity index is 1610. The summed E-state index contributed by atoms with van der Waals surface area (Å²) >= 11 is 13.1. The molecule has 4 rings (SSSR count). The van der Waals surface area contributed by atoms with Gasteiger partial charge in [-0.05, 0) is 42.1 Å². The molecule has 0 unspecified atom stereocenters. The van der Waals surface area contributed by atoms with E-state index < -0.39 is 26.1 Å². The van der Waals surface area contributed by atoms with Gasteiger partial charge in [-0.2, -0.15) is 5.10 Å². The zero-order chi connectivity index (χ0) is 27.4. The lowest BCUT2D eigenvalue weighted by Gasteiger charge is -2.03. The zero-order valence-corrected chi connectivity index (χ0v) is 20.9. The molecule has 3 aromatic carbocycles. The van der Waals surface area contributed by atoms with E-state index in [1.807, 2.05) is 0 Å². The van der Waals surface area contributed by atoms with E-state index in [1.165, 1.54) is 24.4 Å². The van der Waals surface area contributed by atoms with E-state index in [0.717, 1.165) is 30.0 Å². The number of H-pyrrole nitrogens is 1. The minimum Gasteiger partial charge on any atom is -0.272 e. The number of benzene rings is 3. The van der Waals surface area contributed by atoms with Crippen LogP contribution in [0.3, 0.4) is 0 Å². The third kappa shape index (κ3) is 6.03. The number of nitro benzene ring substituents is 3. The van der Waals surface area contributed by atoms with E-state index in [4.69, 9.17) is 23.2 Å². The Labute approximate surface area is 226 Å². The monoisotopic (exact) mass is 574 g/mol. The molecule has 38 heavy (non-hydrogen) atoms. The minimum absolute atomic E-state index is 0.0975. The maximum atomic E-state index is 11.7. The van der Waals surface area contributed by atoms with Gasteiger partial charge in [0.2, 0.25) is 5.16 Å². The summed E-state index contributed by atoms with van der Waals surface area (Å²) in [6.07, 6.45) is 1.21. The van der Waals surface area contributed by atoms with Crippen molar-refractivity contribution in [2.24, 2.45) is 5.10 Å². The lowest BCUT2D eigenvalue weighted by atomic mass is 10.2. The van der Waals surface area contributed by atoms with Gasteiger partial charge in [-0.25, -0.2) is 4.98 Å². The van der Waals surface area contributed by atoms with E-state index in [0.29, 0.717) is 27.0 Å². The Morgan fingerprint density at radius 3 is 2.37 bits per heavy atom. The van der Waals surface area contributed by atoms with Gasteiger partial charge in [0.15, 0.2) is 5.82 Å². The van der Waals surface area contributed by atoms with Crippen molar-refractivity contribution in [1.82, 2.24) is 15.2 Å². The number of halogens is 2. The van der Waals surface area contributed by atoms with Gasteiger partial charge in [-0.1, -0.05) is 29.3 Å². The van der Waals surface area contributed by atoms with Crippen LogP contribution in [0.5, 0.6) is 0 Å². The number of aromatic amines is 1. The van der Waals surface area contributed by atoms with E-state index in [-0.39, 0.29) is 21.4 Å². The van der Waals surface area contributed by atoms with Gasteiger partial charge in [0, 0.05) is 28.3 Å². The van der Waals surface area contributed by atoms with Crippen molar-refractivity contribution in [3.8, 4) is 11.4 Å². The molecule has 1 aromatic heterocycles. The Kier molecular flexibility index (Phi) is 7.80. The number of anilines is 1. The largest absolute Gasteiger partial charge is 0.301 e. The Balaban J connectivity index is 1.53. The minimum atomic E-state index is -0.795. The summed E-state index contributed by atoms with van der Waals surface area (Å²) in [6, 6.07) is 12.1. The van der Waals surface area contributed by atoms with Crippen molar-refractivity contribution in [2.75, 3.05) is 5.43 Å². The molecular weight excluding hydrogens is 563 g/mol. The number of nitrogens with zero attached hydrogens (tertiary/aromatic N) is 6. The highest BCUT2D eigenvalue weighted by Crippen LogP contribution is 2.35. The van der Waals surface area contributed by atoms with Crippen molar-refractivity contribution in [2.45, 2.75) is 10.1 Å². The molecule has 0 saturated carbocycles. The topological polar surface area (TPSA) is 195 Å². The van der Waals surface area contributed by atoms with Crippen molar-refractivity contribution >= 4 is 63.9 Å². The normalized spacial score (nSPS) is 11.0. The summed E-state index contributed by atoms with van der Waals surface area (Å²) in [7, 11) is 0.